The van der Waals surface area contributed by atoms with Crippen molar-refractivity contribution >= 4 is 51.3 Å². The maximum absolute atomic E-state index is 13.4. The first-order valence-electron chi connectivity index (χ1n) is 15.3. The fourth-order valence-corrected chi connectivity index (χ4v) is 4.99. The molecule has 0 saturated carbocycles. The summed E-state index contributed by atoms with van der Waals surface area (Å²) in [4.78, 5) is 53.3. The van der Waals surface area contributed by atoms with E-state index in [9.17, 15) is 32.7 Å². The van der Waals surface area contributed by atoms with Crippen LogP contribution in [-0.4, -0.2) is 75.1 Å². The summed E-state index contributed by atoms with van der Waals surface area (Å²) in [6.45, 7) is 9.05. The maximum Gasteiger partial charge on any atom is 0.514 e. The van der Waals surface area contributed by atoms with Crippen molar-refractivity contribution in [1.82, 2.24) is 0 Å². The highest BCUT2D eigenvalue weighted by Gasteiger charge is 2.25. The molecule has 0 aromatic heterocycles. The second kappa shape index (κ2) is 16.4. The van der Waals surface area contributed by atoms with Gasteiger partial charge in [0.2, 0.25) is 15.9 Å². The summed E-state index contributed by atoms with van der Waals surface area (Å²) in [7, 11) is -4.05. The molecular weight excluding hydrogens is 672 g/mol. The van der Waals surface area contributed by atoms with E-state index in [1.54, 1.807) is 77.9 Å². The van der Waals surface area contributed by atoms with E-state index < -0.39 is 52.0 Å². The van der Waals surface area contributed by atoms with E-state index >= 15 is 0 Å². The van der Waals surface area contributed by atoms with Crippen molar-refractivity contribution in [3.8, 4) is 11.5 Å². The van der Waals surface area contributed by atoms with Crippen LogP contribution in [0.25, 0.3) is 0 Å². The third kappa shape index (κ3) is 12.9. The van der Waals surface area contributed by atoms with Crippen LogP contribution < -0.4 is 29.7 Å². The summed E-state index contributed by atoms with van der Waals surface area (Å²) in [5.74, 6) is -1.70. The molecule has 0 aliphatic carbocycles. The maximum atomic E-state index is 13.4. The molecule has 3 rings (SSSR count). The molecule has 0 unspecified atom stereocenters. The van der Waals surface area contributed by atoms with Gasteiger partial charge in [0.05, 0.1) is 22.8 Å². The van der Waals surface area contributed by atoms with Crippen LogP contribution in [0, 0.1) is 0 Å². The predicted octanol–water partition coefficient (Wildman–Crippen LogP) is 5.00. The average molecular weight is 715 g/mol. The first-order chi connectivity index (χ1) is 23.2. The number of carbonyl (C=O) groups excluding carboxylic acids is 3. The van der Waals surface area contributed by atoms with E-state index in [1.807, 2.05) is 0 Å². The van der Waals surface area contributed by atoms with Crippen LogP contribution in [0.3, 0.4) is 0 Å². The Balaban J connectivity index is 1.97. The van der Waals surface area contributed by atoms with Crippen LogP contribution in [-0.2, 0) is 29.1 Å². The molecule has 3 aromatic rings. The number of amides is 1. The van der Waals surface area contributed by atoms with Crippen molar-refractivity contribution in [1.29, 1.82) is 0 Å². The van der Waals surface area contributed by atoms with Gasteiger partial charge in [-0.1, -0.05) is 30.3 Å². The number of ether oxygens (including phenoxy) is 4. The van der Waals surface area contributed by atoms with Crippen LogP contribution in [0.2, 0.25) is 0 Å². The van der Waals surface area contributed by atoms with Crippen LogP contribution in [0.4, 0.5) is 26.7 Å². The normalized spacial score (nSPS) is 11.6. The van der Waals surface area contributed by atoms with Crippen molar-refractivity contribution < 1.29 is 51.6 Å². The average Bonchev–Trinajstić information content (AvgIpc) is 2.97. The zero-order chi connectivity index (χ0) is 37.3. The molecule has 0 fully saturated rings. The van der Waals surface area contributed by atoms with Gasteiger partial charge in [-0.05, 0) is 84.0 Å². The quantitative estimate of drug-likeness (QED) is 0.158. The van der Waals surface area contributed by atoms with E-state index in [0.717, 1.165) is 0 Å². The fourth-order valence-electron chi connectivity index (χ4n) is 4.43. The van der Waals surface area contributed by atoms with Gasteiger partial charge in [0.25, 0.3) is 0 Å². The number of aliphatic carboxylic acids is 1. The largest absolute Gasteiger partial charge is 0.514 e. The van der Waals surface area contributed by atoms with Gasteiger partial charge in [-0.15, -0.1) is 0 Å². The van der Waals surface area contributed by atoms with Crippen molar-refractivity contribution in [2.45, 2.75) is 57.6 Å². The van der Waals surface area contributed by atoms with Crippen molar-refractivity contribution in [2.24, 2.45) is 5.14 Å². The molecule has 50 heavy (non-hydrogen) atoms. The number of sulfonamides is 1. The van der Waals surface area contributed by atoms with Gasteiger partial charge in [-0.25, -0.2) is 23.1 Å². The lowest BCUT2D eigenvalue weighted by Gasteiger charge is -2.31. The molecule has 0 spiro atoms. The lowest BCUT2D eigenvalue weighted by molar-refractivity contribution is -0.135. The first-order valence-corrected chi connectivity index (χ1v) is 16.9. The third-order valence-electron chi connectivity index (χ3n) is 6.32. The summed E-state index contributed by atoms with van der Waals surface area (Å²) < 4.78 is 45.3. The van der Waals surface area contributed by atoms with Crippen molar-refractivity contribution in [3.05, 3.63) is 72.8 Å². The fraction of sp³-hybridized carbons (Fsp3) is 0.353. The SMILES string of the molecule is CC(C)(C)OC(=O)Oc1ccccc1N(CCN(CC(=O)Nc1cccc(S(N)(=O)=O)c1)c1ccccc1OC(=O)OC(C)(C)C)CC(=O)O. The number of nitrogens with one attached hydrogen (secondary N) is 1. The molecule has 3 aromatic carbocycles. The minimum absolute atomic E-state index is 0.0343. The monoisotopic (exact) mass is 714 g/mol. The third-order valence-corrected chi connectivity index (χ3v) is 7.24. The Morgan fingerprint density at radius 2 is 1.18 bits per heavy atom. The number of hydrogen-bond donors (Lipinski definition) is 3. The second-order valence-electron chi connectivity index (χ2n) is 12.9. The molecule has 1 amide bonds. The number of nitrogens with zero attached hydrogens (tertiary/aromatic N) is 2. The second-order valence-corrected chi connectivity index (χ2v) is 14.5. The minimum atomic E-state index is -4.05. The van der Waals surface area contributed by atoms with Crippen molar-refractivity contribution in [2.75, 3.05) is 41.3 Å². The van der Waals surface area contributed by atoms with Crippen LogP contribution >= 0.6 is 0 Å². The Labute approximate surface area is 290 Å². The van der Waals surface area contributed by atoms with Gasteiger partial charge in [-0.2, -0.15) is 0 Å². The highest BCUT2D eigenvalue weighted by molar-refractivity contribution is 7.89. The molecule has 0 radical (unpaired) electrons. The molecule has 0 bridgehead atoms. The molecule has 0 saturated heterocycles. The number of carboxylic acid groups (broad SMARTS) is 1. The molecule has 0 aliphatic rings. The smallest absolute Gasteiger partial charge is 0.480 e. The zero-order valence-corrected chi connectivity index (χ0v) is 29.5. The minimum Gasteiger partial charge on any atom is -0.480 e. The molecule has 0 heterocycles. The number of nitrogens with two attached hydrogens (primary N) is 1. The predicted molar refractivity (Wildman–Crippen MR) is 185 cm³/mol. The molecule has 0 atom stereocenters. The van der Waals surface area contributed by atoms with Crippen LogP contribution in [0.1, 0.15) is 41.5 Å². The Kier molecular flexibility index (Phi) is 12.8. The topological polar surface area (TPSA) is 204 Å². The molecule has 16 heteroatoms. The lowest BCUT2D eigenvalue weighted by atomic mass is 10.2. The number of primary sulfonamides is 1. The van der Waals surface area contributed by atoms with Crippen LogP contribution in [0.15, 0.2) is 77.7 Å². The van der Waals surface area contributed by atoms with Gasteiger partial charge in [-0.3, -0.25) is 9.59 Å². The van der Waals surface area contributed by atoms with Gasteiger partial charge in [0.1, 0.15) is 17.7 Å². The van der Waals surface area contributed by atoms with Gasteiger partial charge < -0.3 is 39.2 Å². The Hall–Kier alpha value is -5.35. The Bertz CT molecular complexity index is 1800. The Morgan fingerprint density at radius 3 is 1.62 bits per heavy atom. The number of rotatable bonds is 13. The van der Waals surface area contributed by atoms with E-state index in [4.69, 9.17) is 24.1 Å². The summed E-state index contributed by atoms with van der Waals surface area (Å²) in [5.41, 5.74) is -1.02. The number of carboxylic acids is 1. The van der Waals surface area contributed by atoms with Crippen molar-refractivity contribution in [3.63, 3.8) is 0 Å². The highest BCUT2D eigenvalue weighted by atomic mass is 32.2. The van der Waals surface area contributed by atoms with Gasteiger partial charge in [0.15, 0.2) is 11.5 Å². The summed E-state index contributed by atoms with van der Waals surface area (Å²) >= 11 is 0. The Morgan fingerprint density at radius 1 is 0.720 bits per heavy atom. The van der Waals surface area contributed by atoms with E-state index in [-0.39, 0.29) is 53.1 Å². The highest BCUT2D eigenvalue weighted by Crippen LogP contribution is 2.32. The molecule has 4 N–H and O–H groups in total. The number of benzene rings is 3. The number of hydrogen-bond acceptors (Lipinski definition) is 12. The standard InChI is InChI=1S/C34H42N4O11S/c1-33(2,3)48-31(42)46-27-16-9-7-14-25(27)37(21-29(39)36-23-12-11-13-24(20-23)50(35,44)45)18-19-38(22-30(40)41)26-15-8-10-17-28(26)47-32(43)49-34(4,5)6/h7-17,20H,18-19,21-22H2,1-6H3,(H,36,39)(H,40,41)(H2,35,44,45). The van der Waals surface area contributed by atoms with E-state index in [0.29, 0.717) is 0 Å². The zero-order valence-electron chi connectivity index (χ0n) is 28.7. The van der Waals surface area contributed by atoms with Gasteiger partial charge in [0, 0.05) is 18.8 Å². The summed E-state index contributed by atoms with van der Waals surface area (Å²) in [5, 5.41) is 17.7. The molecule has 270 valence electrons. The van der Waals surface area contributed by atoms with E-state index in [1.165, 1.54) is 46.2 Å². The summed E-state index contributed by atoms with van der Waals surface area (Å²) in [6.07, 6.45) is -1.98. The number of carbonyl (C=O) groups is 4. The number of anilines is 3. The summed E-state index contributed by atoms with van der Waals surface area (Å²) in [6, 6.07) is 18.0. The van der Waals surface area contributed by atoms with Gasteiger partial charge >= 0.3 is 18.3 Å². The molecule has 15 nitrogen and oxygen atoms in total. The molecule has 0 aliphatic heterocycles. The lowest BCUT2D eigenvalue weighted by Crippen LogP contribution is -2.41. The number of para-hydroxylation sites is 4. The first kappa shape index (κ1) is 39.1. The van der Waals surface area contributed by atoms with Crippen LogP contribution in [0.5, 0.6) is 11.5 Å². The van der Waals surface area contributed by atoms with E-state index in [2.05, 4.69) is 5.32 Å². The molecular formula is C34H42N4O11S.